The molecule has 4 rings (SSSR count). The summed E-state index contributed by atoms with van der Waals surface area (Å²) in [6.45, 7) is 2.84. The van der Waals surface area contributed by atoms with Crippen molar-refractivity contribution in [3.63, 3.8) is 0 Å². The average molecular weight is 309 g/mol. The SMILES string of the molecule is Cc1c(C(=O)N2CC3CCCCC32c2ccccc2)cnn1C. The maximum absolute atomic E-state index is 13.2. The number of nitrogens with zero attached hydrogens (tertiary/aromatic N) is 3. The van der Waals surface area contributed by atoms with Crippen LogP contribution in [0.25, 0.3) is 0 Å². The van der Waals surface area contributed by atoms with Crippen molar-refractivity contribution in [2.24, 2.45) is 13.0 Å². The quantitative estimate of drug-likeness (QED) is 0.854. The van der Waals surface area contributed by atoms with E-state index in [1.807, 2.05) is 20.0 Å². The maximum Gasteiger partial charge on any atom is 0.258 e. The van der Waals surface area contributed by atoms with Crippen molar-refractivity contribution in [2.75, 3.05) is 6.54 Å². The molecule has 2 fully saturated rings. The van der Waals surface area contributed by atoms with E-state index in [1.54, 1.807) is 10.9 Å². The van der Waals surface area contributed by atoms with Gasteiger partial charge in [-0.15, -0.1) is 0 Å². The van der Waals surface area contributed by atoms with Gasteiger partial charge in [0, 0.05) is 25.2 Å². The molecule has 120 valence electrons. The molecule has 2 atom stereocenters. The normalized spacial score (nSPS) is 26.5. The third-order valence-electron chi connectivity index (χ3n) is 5.90. The van der Waals surface area contributed by atoms with Crippen LogP contribution in [-0.2, 0) is 12.6 Å². The lowest BCUT2D eigenvalue weighted by Crippen LogP contribution is -2.67. The molecule has 23 heavy (non-hydrogen) atoms. The van der Waals surface area contributed by atoms with Crippen LogP contribution < -0.4 is 0 Å². The third-order valence-corrected chi connectivity index (χ3v) is 5.90. The summed E-state index contributed by atoms with van der Waals surface area (Å²) < 4.78 is 1.78. The number of hydrogen-bond acceptors (Lipinski definition) is 2. The van der Waals surface area contributed by atoms with Gasteiger partial charge in [0.05, 0.1) is 17.3 Å². The van der Waals surface area contributed by atoms with Gasteiger partial charge in [0.1, 0.15) is 0 Å². The Morgan fingerprint density at radius 2 is 2.04 bits per heavy atom. The molecule has 1 saturated heterocycles. The summed E-state index contributed by atoms with van der Waals surface area (Å²) in [6, 6.07) is 10.6. The number of benzene rings is 1. The number of likely N-dealkylation sites (tertiary alicyclic amines) is 1. The second kappa shape index (κ2) is 5.22. The summed E-state index contributed by atoms with van der Waals surface area (Å²) in [7, 11) is 1.89. The summed E-state index contributed by atoms with van der Waals surface area (Å²) >= 11 is 0. The molecule has 1 saturated carbocycles. The Balaban J connectivity index is 1.74. The largest absolute Gasteiger partial charge is 0.328 e. The number of rotatable bonds is 2. The van der Waals surface area contributed by atoms with Gasteiger partial charge in [-0.25, -0.2) is 0 Å². The van der Waals surface area contributed by atoms with Crippen LogP contribution in [0, 0.1) is 12.8 Å². The van der Waals surface area contributed by atoms with Crippen molar-refractivity contribution in [3.05, 3.63) is 53.3 Å². The van der Waals surface area contributed by atoms with Crippen LogP contribution in [0.15, 0.2) is 36.5 Å². The van der Waals surface area contributed by atoms with Gasteiger partial charge in [-0.2, -0.15) is 5.10 Å². The molecule has 2 aliphatic rings. The van der Waals surface area contributed by atoms with Crippen molar-refractivity contribution >= 4 is 5.91 Å². The van der Waals surface area contributed by atoms with Crippen molar-refractivity contribution in [3.8, 4) is 0 Å². The Morgan fingerprint density at radius 3 is 2.70 bits per heavy atom. The number of amides is 1. The molecule has 1 aromatic carbocycles. The van der Waals surface area contributed by atoms with E-state index in [0.717, 1.165) is 24.2 Å². The van der Waals surface area contributed by atoms with E-state index in [-0.39, 0.29) is 11.4 Å². The fraction of sp³-hybridized carbons (Fsp3) is 0.474. The summed E-state index contributed by atoms with van der Waals surface area (Å²) in [4.78, 5) is 15.3. The number of carbonyl (C=O) groups is 1. The molecule has 2 aromatic rings. The second-order valence-electron chi connectivity index (χ2n) is 6.92. The molecule has 4 heteroatoms. The Labute approximate surface area is 137 Å². The van der Waals surface area contributed by atoms with E-state index in [2.05, 4.69) is 34.3 Å². The van der Waals surface area contributed by atoms with Crippen molar-refractivity contribution in [1.29, 1.82) is 0 Å². The van der Waals surface area contributed by atoms with Crippen molar-refractivity contribution in [2.45, 2.75) is 38.1 Å². The van der Waals surface area contributed by atoms with E-state index in [9.17, 15) is 4.79 Å². The first kappa shape index (κ1) is 14.5. The Morgan fingerprint density at radius 1 is 1.26 bits per heavy atom. The first-order valence-corrected chi connectivity index (χ1v) is 8.50. The number of carbonyl (C=O) groups excluding carboxylic acids is 1. The van der Waals surface area contributed by atoms with Crippen LogP contribution >= 0.6 is 0 Å². The summed E-state index contributed by atoms with van der Waals surface area (Å²) in [5, 5.41) is 4.25. The number of aromatic nitrogens is 2. The molecule has 0 N–H and O–H groups in total. The molecular formula is C19H23N3O. The highest BCUT2D eigenvalue weighted by molar-refractivity contribution is 5.96. The average Bonchev–Trinajstić information content (AvgIpc) is 2.89. The molecule has 0 radical (unpaired) electrons. The molecule has 0 spiro atoms. The van der Waals surface area contributed by atoms with Crippen LogP contribution in [0.2, 0.25) is 0 Å². The van der Waals surface area contributed by atoms with Gasteiger partial charge >= 0.3 is 0 Å². The van der Waals surface area contributed by atoms with E-state index in [4.69, 9.17) is 0 Å². The van der Waals surface area contributed by atoms with Gasteiger partial charge in [0.15, 0.2) is 0 Å². The van der Waals surface area contributed by atoms with Crippen LogP contribution in [-0.4, -0.2) is 27.1 Å². The zero-order valence-corrected chi connectivity index (χ0v) is 13.8. The first-order chi connectivity index (χ1) is 11.1. The number of aryl methyl sites for hydroxylation is 1. The molecule has 4 nitrogen and oxygen atoms in total. The Bertz CT molecular complexity index is 736. The fourth-order valence-corrected chi connectivity index (χ4v) is 4.48. The van der Waals surface area contributed by atoms with Crippen molar-refractivity contribution < 1.29 is 4.79 Å². The smallest absolute Gasteiger partial charge is 0.258 e. The number of fused-ring (bicyclic) bond motifs is 1. The monoisotopic (exact) mass is 309 g/mol. The summed E-state index contributed by atoms with van der Waals surface area (Å²) in [6.07, 6.45) is 6.50. The molecule has 1 aromatic heterocycles. The minimum absolute atomic E-state index is 0.0983. The molecule has 1 amide bonds. The predicted octanol–water partition coefficient (Wildman–Crippen LogP) is 3.27. The minimum atomic E-state index is -0.0983. The zero-order valence-electron chi connectivity index (χ0n) is 13.8. The fourth-order valence-electron chi connectivity index (χ4n) is 4.48. The maximum atomic E-state index is 13.2. The van der Waals surface area contributed by atoms with Crippen LogP contribution in [0.3, 0.4) is 0 Å². The molecule has 2 unspecified atom stereocenters. The highest BCUT2D eigenvalue weighted by Crippen LogP contribution is 2.54. The molecule has 1 aliphatic heterocycles. The van der Waals surface area contributed by atoms with Gasteiger partial charge in [-0.3, -0.25) is 9.48 Å². The van der Waals surface area contributed by atoms with Crippen LogP contribution in [0.4, 0.5) is 0 Å². The topological polar surface area (TPSA) is 38.1 Å². The van der Waals surface area contributed by atoms with Crippen LogP contribution in [0.5, 0.6) is 0 Å². The number of hydrogen-bond donors (Lipinski definition) is 0. The van der Waals surface area contributed by atoms with E-state index in [0.29, 0.717) is 5.92 Å². The standard InChI is InChI=1S/C19H23N3O/c1-14-17(12-20-21(14)2)18(23)22-13-16-10-6-7-11-19(16,22)15-8-4-3-5-9-15/h3-5,8-9,12,16H,6-7,10-11,13H2,1-2H3. The highest BCUT2D eigenvalue weighted by atomic mass is 16.2. The Hall–Kier alpha value is -2.10. The highest BCUT2D eigenvalue weighted by Gasteiger charge is 2.57. The van der Waals surface area contributed by atoms with Gasteiger partial charge in [-0.1, -0.05) is 43.2 Å². The third kappa shape index (κ3) is 1.97. The molecule has 1 aliphatic carbocycles. The van der Waals surface area contributed by atoms with Gasteiger partial charge in [0.2, 0.25) is 0 Å². The Kier molecular flexibility index (Phi) is 3.29. The summed E-state index contributed by atoms with van der Waals surface area (Å²) in [5.74, 6) is 0.734. The lowest BCUT2D eigenvalue weighted by Gasteiger charge is -2.61. The molecule has 2 heterocycles. The van der Waals surface area contributed by atoms with E-state index < -0.39 is 0 Å². The minimum Gasteiger partial charge on any atom is -0.328 e. The van der Waals surface area contributed by atoms with Crippen molar-refractivity contribution in [1.82, 2.24) is 14.7 Å². The lowest BCUT2D eigenvalue weighted by atomic mass is 9.61. The van der Waals surface area contributed by atoms with Crippen LogP contribution in [0.1, 0.15) is 47.3 Å². The predicted molar refractivity (Wildman–Crippen MR) is 89.1 cm³/mol. The van der Waals surface area contributed by atoms with Gasteiger partial charge < -0.3 is 4.90 Å². The first-order valence-electron chi connectivity index (χ1n) is 8.50. The van der Waals surface area contributed by atoms with E-state index >= 15 is 0 Å². The molecular weight excluding hydrogens is 286 g/mol. The zero-order chi connectivity index (χ0) is 16.0. The summed E-state index contributed by atoms with van der Waals surface area (Å²) in [5.41, 5.74) is 2.88. The second-order valence-corrected chi connectivity index (χ2v) is 6.92. The van der Waals surface area contributed by atoms with Gasteiger partial charge in [0.25, 0.3) is 5.91 Å². The van der Waals surface area contributed by atoms with Gasteiger partial charge in [-0.05, 0) is 25.3 Å². The van der Waals surface area contributed by atoms with E-state index in [1.165, 1.54) is 24.8 Å². The lowest BCUT2D eigenvalue weighted by molar-refractivity contribution is -0.0869. The molecule has 0 bridgehead atoms.